The predicted molar refractivity (Wildman–Crippen MR) is 71.8 cm³/mol. The van der Waals surface area contributed by atoms with Crippen molar-refractivity contribution in [2.24, 2.45) is 0 Å². The van der Waals surface area contributed by atoms with Crippen molar-refractivity contribution >= 4 is 5.91 Å². The molecule has 0 bridgehead atoms. The van der Waals surface area contributed by atoms with E-state index in [-0.39, 0.29) is 29.0 Å². The van der Waals surface area contributed by atoms with Crippen molar-refractivity contribution in [3.63, 3.8) is 0 Å². The fraction of sp³-hybridized carbons (Fsp3) is 0.154. The van der Waals surface area contributed by atoms with Crippen molar-refractivity contribution in [2.45, 2.75) is 6.54 Å². The minimum Gasteiger partial charge on any atom is -0.496 e. The molecule has 20 heavy (non-hydrogen) atoms. The molecule has 0 aliphatic heterocycles. The highest BCUT2D eigenvalue weighted by molar-refractivity contribution is 5.96. The lowest BCUT2D eigenvalue weighted by Crippen LogP contribution is -2.25. The second kappa shape index (κ2) is 5.87. The molecule has 7 heteroatoms. The third-order valence-electron chi connectivity index (χ3n) is 2.62. The van der Waals surface area contributed by atoms with E-state index in [0.717, 1.165) is 0 Å². The van der Waals surface area contributed by atoms with Gasteiger partial charge in [-0.1, -0.05) is 6.07 Å². The molecule has 0 aromatic carbocycles. The van der Waals surface area contributed by atoms with Crippen LogP contribution in [0.4, 0.5) is 0 Å². The van der Waals surface area contributed by atoms with Crippen molar-refractivity contribution in [3.8, 4) is 5.75 Å². The number of hydrogen-bond acceptors (Lipinski definition) is 4. The highest BCUT2D eigenvalue weighted by Crippen LogP contribution is 2.13. The zero-order chi connectivity index (χ0) is 14.5. The summed E-state index contributed by atoms with van der Waals surface area (Å²) in [6.07, 6.45) is 1.28. The molecule has 0 fully saturated rings. The average molecular weight is 275 g/mol. The van der Waals surface area contributed by atoms with Crippen LogP contribution in [0, 0.1) is 0 Å². The van der Waals surface area contributed by atoms with Crippen LogP contribution < -0.4 is 21.2 Å². The molecule has 0 atom stereocenters. The lowest BCUT2D eigenvalue weighted by molar-refractivity contribution is 0.0947. The lowest BCUT2D eigenvalue weighted by atomic mass is 10.2. The van der Waals surface area contributed by atoms with Gasteiger partial charge in [0.1, 0.15) is 5.75 Å². The Labute approximate surface area is 113 Å². The molecule has 0 unspecified atom stereocenters. The third-order valence-corrected chi connectivity index (χ3v) is 2.62. The van der Waals surface area contributed by atoms with Crippen molar-refractivity contribution < 1.29 is 9.53 Å². The molecule has 1 amide bonds. The van der Waals surface area contributed by atoms with Crippen molar-refractivity contribution in [3.05, 3.63) is 62.4 Å². The van der Waals surface area contributed by atoms with Gasteiger partial charge in [-0.25, -0.2) is 0 Å². The Morgan fingerprint density at radius 3 is 2.80 bits per heavy atom. The minimum atomic E-state index is -0.414. The van der Waals surface area contributed by atoms with E-state index in [2.05, 4.69) is 15.3 Å². The molecular formula is C13H13N3O4. The van der Waals surface area contributed by atoms with Crippen LogP contribution in [0.2, 0.25) is 0 Å². The first-order chi connectivity index (χ1) is 9.60. The molecule has 104 valence electrons. The SMILES string of the molecule is COc1cc(=O)[nH]cc1C(=O)NCc1cccc(=O)[nH]1. The van der Waals surface area contributed by atoms with Crippen molar-refractivity contribution in [2.75, 3.05) is 7.11 Å². The van der Waals surface area contributed by atoms with Crippen LogP contribution in [0.15, 0.2) is 40.1 Å². The molecule has 2 heterocycles. The summed E-state index contributed by atoms with van der Waals surface area (Å²) in [7, 11) is 1.38. The van der Waals surface area contributed by atoms with E-state index in [9.17, 15) is 14.4 Å². The summed E-state index contributed by atoms with van der Waals surface area (Å²) in [5.74, 6) is -0.226. The molecule has 0 aliphatic carbocycles. The number of hydrogen-bond donors (Lipinski definition) is 3. The van der Waals surface area contributed by atoms with E-state index < -0.39 is 5.91 Å². The Kier molecular flexibility index (Phi) is 3.99. The summed E-state index contributed by atoms with van der Waals surface area (Å²) in [4.78, 5) is 39.2. The highest BCUT2D eigenvalue weighted by Gasteiger charge is 2.12. The molecule has 2 aromatic rings. The van der Waals surface area contributed by atoms with E-state index in [1.165, 1.54) is 25.4 Å². The zero-order valence-electron chi connectivity index (χ0n) is 10.7. The Balaban J connectivity index is 2.13. The second-order valence-electron chi connectivity index (χ2n) is 4.00. The molecular weight excluding hydrogens is 262 g/mol. The standard InChI is InChI=1S/C13H13N3O4/c1-20-10-5-12(18)14-7-9(10)13(19)15-6-8-3-2-4-11(17)16-8/h2-5,7H,6H2,1H3,(H,14,18)(H,15,19)(H,16,17). The number of carbonyl (C=O) groups excluding carboxylic acids is 1. The normalized spacial score (nSPS) is 10.1. The number of carbonyl (C=O) groups is 1. The third kappa shape index (κ3) is 3.14. The van der Waals surface area contributed by atoms with Gasteiger partial charge in [0, 0.05) is 24.0 Å². The Morgan fingerprint density at radius 2 is 2.10 bits per heavy atom. The molecule has 0 spiro atoms. The van der Waals surface area contributed by atoms with Crippen LogP contribution >= 0.6 is 0 Å². The van der Waals surface area contributed by atoms with Gasteiger partial charge in [-0.2, -0.15) is 0 Å². The van der Waals surface area contributed by atoms with Gasteiger partial charge in [-0.05, 0) is 6.07 Å². The highest BCUT2D eigenvalue weighted by atomic mass is 16.5. The second-order valence-corrected chi connectivity index (χ2v) is 4.00. The maximum Gasteiger partial charge on any atom is 0.256 e. The minimum absolute atomic E-state index is 0.164. The summed E-state index contributed by atoms with van der Waals surface area (Å²) in [5, 5.41) is 2.63. The van der Waals surface area contributed by atoms with Crippen LogP contribution in [-0.2, 0) is 6.54 Å². The van der Waals surface area contributed by atoms with Crippen LogP contribution in [0.1, 0.15) is 16.1 Å². The molecule has 0 aliphatic rings. The van der Waals surface area contributed by atoms with Gasteiger partial charge in [-0.15, -0.1) is 0 Å². The number of rotatable bonds is 4. The smallest absolute Gasteiger partial charge is 0.256 e. The first-order valence-corrected chi connectivity index (χ1v) is 5.83. The zero-order valence-corrected chi connectivity index (χ0v) is 10.7. The van der Waals surface area contributed by atoms with Crippen LogP contribution in [0.5, 0.6) is 5.75 Å². The Hall–Kier alpha value is -2.83. The number of nitrogens with one attached hydrogen (secondary N) is 3. The number of amides is 1. The molecule has 2 aromatic heterocycles. The molecule has 0 saturated carbocycles. The predicted octanol–water partition coefficient (Wildman–Crippen LogP) is 0.00180. The Morgan fingerprint density at radius 1 is 1.30 bits per heavy atom. The monoisotopic (exact) mass is 275 g/mol. The number of aromatic amines is 2. The fourth-order valence-corrected chi connectivity index (χ4v) is 1.67. The summed E-state index contributed by atoms with van der Waals surface area (Å²) in [5.41, 5.74) is 0.198. The van der Waals surface area contributed by atoms with E-state index in [4.69, 9.17) is 4.74 Å². The number of aromatic nitrogens is 2. The first-order valence-electron chi connectivity index (χ1n) is 5.83. The van der Waals surface area contributed by atoms with Crippen LogP contribution in [0.25, 0.3) is 0 Å². The van der Waals surface area contributed by atoms with Crippen molar-refractivity contribution in [1.82, 2.24) is 15.3 Å². The summed E-state index contributed by atoms with van der Waals surface area (Å²) >= 11 is 0. The van der Waals surface area contributed by atoms with Gasteiger partial charge in [0.15, 0.2) is 0 Å². The van der Waals surface area contributed by atoms with E-state index in [1.54, 1.807) is 12.1 Å². The largest absolute Gasteiger partial charge is 0.496 e. The summed E-state index contributed by atoms with van der Waals surface area (Å²) in [6, 6.07) is 5.86. The number of ether oxygens (including phenoxy) is 1. The average Bonchev–Trinajstić information content (AvgIpc) is 2.44. The van der Waals surface area contributed by atoms with Gasteiger partial charge >= 0.3 is 0 Å². The van der Waals surface area contributed by atoms with Gasteiger partial charge in [0.05, 0.1) is 19.2 Å². The molecule has 0 saturated heterocycles. The van der Waals surface area contributed by atoms with Crippen LogP contribution in [0.3, 0.4) is 0 Å². The molecule has 7 nitrogen and oxygen atoms in total. The van der Waals surface area contributed by atoms with Gasteiger partial charge < -0.3 is 20.0 Å². The van der Waals surface area contributed by atoms with E-state index in [0.29, 0.717) is 5.69 Å². The number of H-pyrrole nitrogens is 2. The molecule has 3 N–H and O–H groups in total. The lowest BCUT2D eigenvalue weighted by Gasteiger charge is -2.08. The fourth-order valence-electron chi connectivity index (χ4n) is 1.67. The van der Waals surface area contributed by atoms with E-state index >= 15 is 0 Å². The maximum absolute atomic E-state index is 12.0. The van der Waals surface area contributed by atoms with Gasteiger partial charge in [-0.3, -0.25) is 14.4 Å². The van der Waals surface area contributed by atoms with Gasteiger partial charge in [0.25, 0.3) is 11.5 Å². The van der Waals surface area contributed by atoms with E-state index in [1.807, 2.05) is 0 Å². The maximum atomic E-state index is 12.0. The van der Waals surface area contributed by atoms with Gasteiger partial charge in [0.2, 0.25) is 5.56 Å². The quantitative estimate of drug-likeness (QED) is 0.730. The molecule has 2 rings (SSSR count). The summed E-state index contributed by atoms with van der Waals surface area (Å²) in [6.45, 7) is 0.164. The Bertz CT molecular complexity index is 733. The van der Waals surface area contributed by atoms with Crippen LogP contribution in [-0.4, -0.2) is 23.0 Å². The number of pyridine rings is 2. The topological polar surface area (TPSA) is 104 Å². The number of methoxy groups -OCH3 is 1. The summed E-state index contributed by atoms with van der Waals surface area (Å²) < 4.78 is 4.98. The van der Waals surface area contributed by atoms with Crippen molar-refractivity contribution in [1.29, 1.82) is 0 Å². The first kappa shape index (κ1) is 13.6. The molecule has 0 radical (unpaired) electrons.